The molecule has 0 aliphatic carbocycles. The van der Waals surface area contributed by atoms with Crippen LogP contribution in [-0.2, 0) is 0 Å². The highest BCUT2D eigenvalue weighted by molar-refractivity contribution is 7.25. The number of benzene rings is 9. The third kappa shape index (κ3) is 5.34. The maximum Gasteiger partial charge on any atom is 0.143 e. The molecule has 4 heteroatoms. The summed E-state index contributed by atoms with van der Waals surface area (Å²) in [5.74, 6) is 0. The number of hydrogen-bond acceptors (Lipinski definition) is 4. The summed E-state index contributed by atoms with van der Waals surface area (Å²) in [4.78, 5) is 2.35. The standard InChI is InChI=1S/C54H33NO2S/c1-5-17-50-43(11-1)46-15-8-14-42(54(46)57-50)35-21-27-40(28-22-35)55(39-25-19-34(20-26-39)37-24-30-53-48(33-37)45-13-3-6-18-52(45)58-53)41-10-7-9-36(31-41)38-23-29-51-47(32-38)44-12-2-4-16-49(44)56-51/h1-33H. The van der Waals surface area contributed by atoms with Gasteiger partial charge in [0.15, 0.2) is 0 Å². The first-order chi connectivity index (χ1) is 28.7. The molecule has 0 aliphatic heterocycles. The van der Waals surface area contributed by atoms with Crippen LogP contribution in [0, 0.1) is 0 Å². The summed E-state index contributed by atoms with van der Waals surface area (Å²) >= 11 is 1.85. The summed E-state index contributed by atoms with van der Waals surface area (Å²) < 4.78 is 15.2. The predicted octanol–water partition coefficient (Wildman–Crippen LogP) is 16.3. The number of rotatable bonds is 6. The second-order valence-corrected chi connectivity index (χ2v) is 16.0. The van der Waals surface area contributed by atoms with E-state index < -0.39 is 0 Å². The summed E-state index contributed by atoms with van der Waals surface area (Å²) in [6.07, 6.45) is 0. The van der Waals surface area contributed by atoms with E-state index in [4.69, 9.17) is 8.83 Å². The molecule has 0 radical (unpaired) electrons. The molecule has 0 fully saturated rings. The van der Waals surface area contributed by atoms with Gasteiger partial charge in [-0.1, -0.05) is 121 Å². The molecule has 58 heavy (non-hydrogen) atoms. The number of nitrogens with zero attached hydrogens (tertiary/aromatic N) is 1. The van der Waals surface area contributed by atoms with Crippen molar-refractivity contribution in [2.24, 2.45) is 0 Å². The lowest BCUT2D eigenvalue weighted by molar-refractivity contribution is 0.669. The highest BCUT2D eigenvalue weighted by Crippen LogP contribution is 2.42. The smallest absolute Gasteiger partial charge is 0.143 e. The Kier molecular flexibility index (Phi) is 7.40. The fraction of sp³-hybridized carbons (Fsp3) is 0. The molecule has 0 amide bonds. The Morgan fingerprint density at radius 2 is 0.862 bits per heavy atom. The molecule has 0 spiro atoms. The highest BCUT2D eigenvalue weighted by atomic mass is 32.1. The van der Waals surface area contributed by atoms with Gasteiger partial charge in [-0.15, -0.1) is 11.3 Å². The second kappa shape index (κ2) is 13.1. The van der Waals surface area contributed by atoms with E-state index in [1.165, 1.54) is 31.3 Å². The molecular weight excluding hydrogens is 727 g/mol. The van der Waals surface area contributed by atoms with Crippen molar-refractivity contribution in [1.82, 2.24) is 0 Å². The first-order valence-corrected chi connectivity index (χ1v) is 20.4. The number of fused-ring (bicyclic) bond motifs is 9. The van der Waals surface area contributed by atoms with Crippen LogP contribution in [0.15, 0.2) is 209 Å². The highest BCUT2D eigenvalue weighted by Gasteiger charge is 2.17. The molecule has 0 atom stereocenters. The van der Waals surface area contributed by atoms with E-state index in [9.17, 15) is 0 Å². The molecule has 0 saturated heterocycles. The van der Waals surface area contributed by atoms with Gasteiger partial charge in [0, 0.05) is 64.3 Å². The van der Waals surface area contributed by atoms with Crippen molar-refractivity contribution >= 4 is 92.4 Å². The Morgan fingerprint density at radius 3 is 1.67 bits per heavy atom. The van der Waals surface area contributed by atoms with Crippen molar-refractivity contribution in [3.05, 3.63) is 200 Å². The summed E-state index contributed by atoms with van der Waals surface area (Å²) in [6.45, 7) is 0. The minimum atomic E-state index is 0.896. The van der Waals surface area contributed by atoms with Gasteiger partial charge in [-0.25, -0.2) is 0 Å². The van der Waals surface area contributed by atoms with E-state index in [2.05, 4.69) is 181 Å². The number of hydrogen-bond donors (Lipinski definition) is 0. The van der Waals surface area contributed by atoms with E-state index in [0.717, 1.165) is 83.2 Å². The first kappa shape index (κ1) is 32.8. The minimum Gasteiger partial charge on any atom is -0.456 e. The molecular formula is C54H33NO2S. The Bertz CT molecular complexity index is 3520. The monoisotopic (exact) mass is 759 g/mol. The molecule has 3 nitrogen and oxygen atoms in total. The van der Waals surface area contributed by atoms with E-state index in [1.54, 1.807) is 0 Å². The van der Waals surface area contributed by atoms with E-state index >= 15 is 0 Å². The van der Waals surface area contributed by atoms with Crippen LogP contribution < -0.4 is 4.90 Å². The van der Waals surface area contributed by atoms with Gasteiger partial charge in [0.05, 0.1) is 0 Å². The normalized spacial score (nSPS) is 11.8. The molecule has 3 aromatic heterocycles. The molecule has 272 valence electrons. The van der Waals surface area contributed by atoms with Crippen LogP contribution in [0.3, 0.4) is 0 Å². The third-order valence-corrected chi connectivity index (χ3v) is 12.6. The zero-order chi connectivity index (χ0) is 38.2. The topological polar surface area (TPSA) is 29.5 Å². The first-order valence-electron chi connectivity index (χ1n) is 19.6. The average molecular weight is 760 g/mol. The lowest BCUT2D eigenvalue weighted by Crippen LogP contribution is -2.10. The van der Waals surface area contributed by atoms with Crippen LogP contribution in [0.4, 0.5) is 17.1 Å². The quantitative estimate of drug-likeness (QED) is 0.169. The van der Waals surface area contributed by atoms with Crippen LogP contribution in [0.25, 0.3) is 97.4 Å². The average Bonchev–Trinajstić information content (AvgIpc) is 3.98. The Morgan fingerprint density at radius 1 is 0.310 bits per heavy atom. The van der Waals surface area contributed by atoms with Gasteiger partial charge in [-0.3, -0.25) is 0 Å². The summed E-state index contributed by atoms with van der Waals surface area (Å²) in [5, 5.41) is 7.13. The van der Waals surface area contributed by atoms with Crippen molar-refractivity contribution in [2.75, 3.05) is 4.90 Å². The SMILES string of the molecule is c1cc(-c2ccc3oc4ccccc4c3c2)cc(N(c2ccc(-c3ccc4sc5ccccc5c4c3)cc2)c2ccc(-c3cccc4c3oc3ccccc34)cc2)c1. The largest absolute Gasteiger partial charge is 0.456 e. The number of furan rings is 2. The van der Waals surface area contributed by atoms with Crippen molar-refractivity contribution in [3.8, 4) is 33.4 Å². The van der Waals surface area contributed by atoms with Crippen molar-refractivity contribution < 1.29 is 8.83 Å². The third-order valence-electron chi connectivity index (χ3n) is 11.5. The van der Waals surface area contributed by atoms with Crippen LogP contribution in [-0.4, -0.2) is 0 Å². The summed E-state index contributed by atoms with van der Waals surface area (Å²) in [7, 11) is 0. The van der Waals surface area contributed by atoms with Crippen molar-refractivity contribution in [2.45, 2.75) is 0 Å². The van der Waals surface area contributed by atoms with Gasteiger partial charge < -0.3 is 13.7 Å². The molecule has 0 unspecified atom stereocenters. The molecule has 12 rings (SSSR count). The van der Waals surface area contributed by atoms with Crippen molar-refractivity contribution in [1.29, 1.82) is 0 Å². The van der Waals surface area contributed by atoms with Crippen LogP contribution in [0.5, 0.6) is 0 Å². The second-order valence-electron chi connectivity index (χ2n) is 14.9. The minimum absolute atomic E-state index is 0.896. The molecule has 0 aliphatic rings. The molecule has 9 aromatic carbocycles. The zero-order valence-corrected chi connectivity index (χ0v) is 32.0. The van der Waals surface area contributed by atoms with Crippen molar-refractivity contribution in [3.63, 3.8) is 0 Å². The van der Waals surface area contributed by atoms with Gasteiger partial charge in [0.2, 0.25) is 0 Å². The van der Waals surface area contributed by atoms with E-state index in [-0.39, 0.29) is 0 Å². The number of anilines is 3. The summed E-state index contributed by atoms with van der Waals surface area (Å²) in [5.41, 5.74) is 13.7. The van der Waals surface area contributed by atoms with Crippen LogP contribution >= 0.6 is 11.3 Å². The van der Waals surface area contributed by atoms with E-state index in [1.807, 2.05) is 35.6 Å². The van der Waals surface area contributed by atoms with Gasteiger partial charge in [0.25, 0.3) is 0 Å². The Balaban J connectivity index is 0.962. The van der Waals surface area contributed by atoms with Gasteiger partial charge >= 0.3 is 0 Å². The van der Waals surface area contributed by atoms with Gasteiger partial charge in [-0.05, 0) is 107 Å². The Hall–Kier alpha value is -7.40. The summed E-state index contributed by atoms with van der Waals surface area (Å²) in [6, 6.07) is 71.6. The maximum atomic E-state index is 6.43. The molecule has 12 aromatic rings. The molecule has 0 saturated carbocycles. The molecule has 0 N–H and O–H groups in total. The van der Waals surface area contributed by atoms with E-state index in [0.29, 0.717) is 0 Å². The van der Waals surface area contributed by atoms with Crippen LogP contribution in [0.1, 0.15) is 0 Å². The van der Waals surface area contributed by atoms with Gasteiger partial charge in [0.1, 0.15) is 22.3 Å². The molecule has 3 heterocycles. The lowest BCUT2D eigenvalue weighted by atomic mass is 10.00. The maximum absolute atomic E-state index is 6.43. The lowest BCUT2D eigenvalue weighted by Gasteiger charge is -2.26. The predicted molar refractivity (Wildman–Crippen MR) is 245 cm³/mol. The number of para-hydroxylation sites is 3. The Labute approximate surface area is 338 Å². The fourth-order valence-corrected chi connectivity index (χ4v) is 9.74. The zero-order valence-electron chi connectivity index (χ0n) is 31.2. The molecule has 0 bridgehead atoms. The fourth-order valence-electron chi connectivity index (χ4n) is 8.65. The van der Waals surface area contributed by atoms with Crippen LogP contribution in [0.2, 0.25) is 0 Å². The number of thiophene rings is 1. The van der Waals surface area contributed by atoms with Gasteiger partial charge in [-0.2, -0.15) is 0 Å².